The number of amides is 1. The van der Waals surface area contributed by atoms with E-state index < -0.39 is 11.5 Å². The predicted octanol–water partition coefficient (Wildman–Crippen LogP) is 0.339. The Balaban J connectivity index is 2.19. The second kappa shape index (κ2) is 5.88. The normalized spacial score (nSPS) is 13.8. The van der Waals surface area contributed by atoms with Gasteiger partial charge in [0.1, 0.15) is 6.33 Å². The number of carbonyl (C=O) groups excluding carboxylic acids is 1. The third kappa shape index (κ3) is 3.54. The van der Waals surface area contributed by atoms with Crippen molar-refractivity contribution in [3.63, 3.8) is 0 Å². The molecule has 2 N–H and O–H groups in total. The summed E-state index contributed by atoms with van der Waals surface area (Å²) in [6.45, 7) is 1.72. The number of hydrogen-bond donors (Lipinski definition) is 2. The molecule has 21 heavy (non-hydrogen) atoms. The molecule has 2 aromatic rings. The predicted molar refractivity (Wildman–Crippen MR) is 73.0 cm³/mol. The number of hydrogen-bond acceptors (Lipinski definition) is 5. The van der Waals surface area contributed by atoms with Crippen molar-refractivity contribution in [1.29, 1.82) is 0 Å². The number of nitrogens with one attached hydrogen (secondary N) is 1. The molecular formula is C13H16N4O4. The minimum Gasteiger partial charge on any atom is -0.481 e. The summed E-state index contributed by atoms with van der Waals surface area (Å²) in [5.74, 6) is -1.39. The van der Waals surface area contributed by atoms with Gasteiger partial charge in [0.2, 0.25) is 0 Å². The summed E-state index contributed by atoms with van der Waals surface area (Å²) in [6.07, 6.45) is 2.83. The zero-order valence-electron chi connectivity index (χ0n) is 11.7. The zero-order chi connectivity index (χ0) is 15.5. The lowest BCUT2D eigenvalue weighted by molar-refractivity contribution is -0.139. The van der Waals surface area contributed by atoms with Gasteiger partial charge in [0, 0.05) is 13.3 Å². The molecule has 1 amide bonds. The largest absolute Gasteiger partial charge is 0.481 e. The average Bonchev–Trinajstić information content (AvgIpc) is 2.84. The summed E-state index contributed by atoms with van der Waals surface area (Å²) in [5.41, 5.74) is 0.0200. The average molecular weight is 292 g/mol. The molecule has 0 spiro atoms. The Morgan fingerprint density at radius 1 is 1.48 bits per heavy atom. The second-order valence-electron chi connectivity index (χ2n) is 5.03. The fourth-order valence-corrected chi connectivity index (χ4v) is 2.09. The zero-order valence-corrected chi connectivity index (χ0v) is 11.7. The van der Waals surface area contributed by atoms with Crippen LogP contribution in [0.25, 0.3) is 5.65 Å². The molecule has 1 unspecified atom stereocenters. The van der Waals surface area contributed by atoms with Crippen molar-refractivity contribution in [2.45, 2.75) is 18.9 Å². The Morgan fingerprint density at radius 3 is 2.90 bits per heavy atom. The molecule has 2 heterocycles. The number of nitrogens with zero attached hydrogens (tertiary/aromatic N) is 3. The minimum atomic E-state index is -1.01. The Labute approximate surface area is 120 Å². The molecule has 0 radical (unpaired) electrons. The highest BCUT2D eigenvalue weighted by Crippen LogP contribution is 2.12. The maximum atomic E-state index is 12.3. The number of ether oxygens (including phenoxy) is 1. The number of carboxylic acid groups (broad SMARTS) is 1. The third-order valence-corrected chi connectivity index (χ3v) is 2.97. The Bertz CT molecular complexity index is 669. The molecule has 2 aromatic heterocycles. The minimum absolute atomic E-state index is 0.0971. The van der Waals surface area contributed by atoms with Gasteiger partial charge in [-0.25, -0.2) is 0 Å². The van der Waals surface area contributed by atoms with Crippen LogP contribution in [0.3, 0.4) is 0 Å². The number of pyridine rings is 1. The number of aromatic nitrogens is 3. The summed E-state index contributed by atoms with van der Waals surface area (Å²) in [7, 11) is 1.45. The van der Waals surface area contributed by atoms with Gasteiger partial charge >= 0.3 is 5.97 Å². The first kappa shape index (κ1) is 14.9. The molecule has 0 saturated heterocycles. The SMILES string of the molecule is COCC(C)(CC(=O)O)NC(=O)c1ccc2nncn2c1. The lowest BCUT2D eigenvalue weighted by Crippen LogP contribution is -2.50. The van der Waals surface area contributed by atoms with Gasteiger partial charge in [-0.05, 0) is 19.1 Å². The van der Waals surface area contributed by atoms with Crippen LogP contribution in [0.5, 0.6) is 0 Å². The van der Waals surface area contributed by atoms with Crippen LogP contribution in [0.2, 0.25) is 0 Å². The van der Waals surface area contributed by atoms with E-state index in [9.17, 15) is 9.59 Å². The first-order valence-corrected chi connectivity index (χ1v) is 6.26. The molecule has 112 valence electrons. The van der Waals surface area contributed by atoms with E-state index in [1.54, 1.807) is 29.7 Å². The Hall–Kier alpha value is -2.48. The molecule has 0 aliphatic heterocycles. The van der Waals surface area contributed by atoms with E-state index in [-0.39, 0.29) is 18.9 Å². The van der Waals surface area contributed by atoms with Crippen LogP contribution in [0.1, 0.15) is 23.7 Å². The van der Waals surface area contributed by atoms with Gasteiger partial charge in [-0.2, -0.15) is 0 Å². The Morgan fingerprint density at radius 2 is 2.24 bits per heavy atom. The summed E-state index contributed by atoms with van der Waals surface area (Å²) < 4.78 is 6.61. The van der Waals surface area contributed by atoms with Crippen LogP contribution >= 0.6 is 0 Å². The van der Waals surface area contributed by atoms with Crippen molar-refractivity contribution < 1.29 is 19.4 Å². The number of fused-ring (bicyclic) bond motifs is 1. The summed E-state index contributed by atoms with van der Waals surface area (Å²) in [6, 6.07) is 3.26. The summed E-state index contributed by atoms with van der Waals surface area (Å²) >= 11 is 0. The third-order valence-electron chi connectivity index (χ3n) is 2.97. The topological polar surface area (TPSA) is 106 Å². The molecular weight excluding hydrogens is 276 g/mol. The first-order valence-electron chi connectivity index (χ1n) is 6.26. The highest BCUT2D eigenvalue weighted by molar-refractivity contribution is 5.95. The van der Waals surface area contributed by atoms with Gasteiger partial charge in [0.05, 0.1) is 24.1 Å². The molecule has 0 bridgehead atoms. The standard InChI is InChI=1S/C13H16N4O4/c1-13(7-21-2,5-11(18)19)15-12(20)9-3-4-10-16-14-8-17(10)6-9/h3-4,6,8H,5,7H2,1-2H3,(H,15,20)(H,18,19). The van der Waals surface area contributed by atoms with E-state index in [0.717, 1.165) is 0 Å². The van der Waals surface area contributed by atoms with Crippen LogP contribution < -0.4 is 5.32 Å². The molecule has 1 atom stereocenters. The molecule has 0 aliphatic rings. The van der Waals surface area contributed by atoms with E-state index in [1.165, 1.54) is 13.4 Å². The summed E-state index contributed by atoms with van der Waals surface area (Å²) in [4.78, 5) is 23.2. The maximum Gasteiger partial charge on any atom is 0.305 e. The van der Waals surface area contributed by atoms with E-state index in [4.69, 9.17) is 9.84 Å². The maximum absolute atomic E-state index is 12.3. The number of carbonyl (C=O) groups is 2. The molecule has 2 rings (SSSR count). The van der Waals surface area contributed by atoms with Gasteiger partial charge in [0.15, 0.2) is 5.65 Å². The highest BCUT2D eigenvalue weighted by atomic mass is 16.5. The molecule has 0 aromatic carbocycles. The summed E-state index contributed by atoms with van der Waals surface area (Å²) in [5, 5.41) is 19.2. The lowest BCUT2D eigenvalue weighted by Gasteiger charge is -2.28. The van der Waals surface area contributed by atoms with Gasteiger partial charge in [-0.1, -0.05) is 0 Å². The van der Waals surface area contributed by atoms with E-state index in [1.807, 2.05) is 0 Å². The number of rotatable bonds is 6. The van der Waals surface area contributed by atoms with Crippen molar-refractivity contribution >= 4 is 17.5 Å². The Kier molecular flexibility index (Phi) is 4.18. The van der Waals surface area contributed by atoms with Crippen LogP contribution in [0.15, 0.2) is 24.7 Å². The number of carboxylic acids is 1. The van der Waals surface area contributed by atoms with Crippen LogP contribution in [-0.2, 0) is 9.53 Å². The van der Waals surface area contributed by atoms with Crippen molar-refractivity contribution in [2.75, 3.05) is 13.7 Å². The van der Waals surface area contributed by atoms with E-state index in [0.29, 0.717) is 11.2 Å². The van der Waals surface area contributed by atoms with Crippen LogP contribution in [0.4, 0.5) is 0 Å². The molecule has 8 nitrogen and oxygen atoms in total. The van der Waals surface area contributed by atoms with Gasteiger partial charge in [-0.15, -0.1) is 10.2 Å². The van der Waals surface area contributed by atoms with Crippen molar-refractivity contribution in [2.24, 2.45) is 0 Å². The molecule has 0 aliphatic carbocycles. The second-order valence-corrected chi connectivity index (χ2v) is 5.03. The van der Waals surface area contributed by atoms with E-state index >= 15 is 0 Å². The van der Waals surface area contributed by atoms with Crippen molar-refractivity contribution in [3.8, 4) is 0 Å². The lowest BCUT2D eigenvalue weighted by atomic mass is 9.98. The highest BCUT2D eigenvalue weighted by Gasteiger charge is 2.30. The fraction of sp³-hybridized carbons (Fsp3) is 0.385. The monoisotopic (exact) mass is 292 g/mol. The fourth-order valence-electron chi connectivity index (χ4n) is 2.09. The van der Waals surface area contributed by atoms with Gasteiger partial charge in [0.25, 0.3) is 5.91 Å². The quantitative estimate of drug-likeness (QED) is 0.795. The van der Waals surface area contributed by atoms with Crippen LogP contribution in [-0.4, -0.2) is 50.8 Å². The first-order chi connectivity index (χ1) is 9.93. The smallest absolute Gasteiger partial charge is 0.305 e. The molecule has 8 heteroatoms. The van der Waals surface area contributed by atoms with Crippen LogP contribution in [0, 0.1) is 0 Å². The van der Waals surface area contributed by atoms with Crippen molar-refractivity contribution in [1.82, 2.24) is 19.9 Å². The van der Waals surface area contributed by atoms with Gasteiger partial charge in [-0.3, -0.25) is 14.0 Å². The van der Waals surface area contributed by atoms with Gasteiger partial charge < -0.3 is 15.2 Å². The molecule has 0 fully saturated rings. The van der Waals surface area contributed by atoms with E-state index in [2.05, 4.69) is 15.5 Å². The number of methoxy groups -OCH3 is 1. The molecule has 0 saturated carbocycles. The number of aliphatic carboxylic acids is 1. The van der Waals surface area contributed by atoms with Crippen molar-refractivity contribution in [3.05, 3.63) is 30.2 Å².